The average molecular weight is 431 g/mol. The highest BCUT2D eigenvalue weighted by Crippen LogP contribution is 2.17. The van der Waals surface area contributed by atoms with Gasteiger partial charge in [-0.05, 0) is 49.2 Å². The van der Waals surface area contributed by atoms with Gasteiger partial charge in [-0.2, -0.15) is 5.26 Å². The molecule has 0 spiro atoms. The summed E-state index contributed by atoms with van der Waals surface area (Å²) in [5.41, 5.74) is 1.63. The number of ether oxygens (including phenoxy) is 1. The molecule has 164 valence electrons. The molecule has 1 aromatic heterocycles. The molecule has 3 aromatic rings. The number of nitrogens with one attached hydrogen (secondary N) is 1. The Morgan fingerprint density at radius 3 is 2.47 bits per heavy atom. The van der Waals surface area contributed by atoms with Gasteiger partial charge in [0.25, 0.3) is 11.5 Å². The number of para-hydroxylation sites is 1. The minimum atomic E-state index is -0.637. The molecule has 1 amide bonds. The number of carbonyl (C=O) groups is 1. The molecule has 2 aromatic carbocycles. The highest BCUT2D eigenvalue weighted by atomic mass is 16.5. The lowest BCUT2D eigenvalue weighted by Crippen LogP contribution is -2.23. The maximum atomic E-state index is 13.0. The van der Waals surface area contributed by atoms with Gasteiger partial charge in [0.15, 0.2) is 0 Å². The van der Waals surface area contributed by atoms with E-state index < -0.39 is 5.91 Å². The Bertz CT molecular complexity index is 1210. The van der Waals surface area contributed by atoms with Crippen LogP contribution in [0.15, 0.2) is 65.0 Å². The van der Waals surface area contributed by atoms with Gasteiger partial charge in [0.05, 0.1) is 18.0 Å². The highest BCUT2D eigenvalue weighted by molar-refractivity contribution is 6.09. The quantitative estimate of drug-likeness (QED) is 0.329. The van der Waals surface area contributed by atoms with Gasteiger partial charge in [-0.1, -0.05) is 43.7 Å². The molecule has 0 aliphatic rings. The van der Waals surface area contributed by atoms with E-state index in [0.29, 0.717) is 23.6 Å². The second-order valence-corrected chi connectivity index (χ2v) is 7.33. The molecule has 1 heterocycles. The first-order chi connectivity index (χ1) is 15.5. The molecule has 0 saturated heterocycles. The van der Waals surface area contributed by atoms with E-state index in [4.69, 9.17) is 4.74 Å². The fourth-order valence-electron chi connectivity index (χ4n) is 3.20. The van der Waals surface area contributed by atoms with Crippen molar-refractivity contribution < 1.29 is 9.53 Å². The van der Waals surface area contributed by atoms with E-state index in [0.717, 1.165) is 18.6 Å². The summed E-state index contributed by atoms with van der Waals surface area (Å²) in [6, 6.07) is 18.2. The maximum Gasteiger partial charge on any atom is 0.295 e. The van der Waals surface area contributed by atoms with E-state index in [1.54, 1.807) is 42.9 Å². The van der Waals surface area contributed by atoms with Crippen molar-refractivity contribution in [1.82, 2.24) is 9.36 Å². The van der Waals surface area contributed by atoms with Crippen molar-refractivity contribution in [2.45, 2.75) is 26.7 Å². The van der Waals surface area contributed by atoms with E-state index in [1.807, 2.05) is 36.4 Å². The lowest BCUT2D eigenvalue weighted by Gasteiger charge is -2.07. The number of carbonyl (C=O) groups excluding carboxylic acids is 1. The SMILES string of the molecule is CCCCOc1ccc(C=C(C#N)C(=O)Nc2c(C)n(C)n(-c3ccccc3)c2=O)cc1. The first kappa shape index (κ1) is 22.6. The molecule has 7 nitrogen and oxygen atoms in total. The van der Waals surface area contributed by atoms with Crippen LogP contribution in [0, 0.1) is 18.3 Å². The Hall–Kier alpha value is -4.05. The van der Waals surface area contributed by atoms with Crippen molar-refractivity contribution in [3.8, 4) is 17.5 Å². The Balaban J connectivity index is 1.82. The van der Waals surface area contributed by atoms with Crippen molar-refractivity contribution in [2.24, 2.45) is 7.05 Å². The maximum absolute atomic E-state index is 13.0. The van der Waals surface area contributed by atoms with Crippen LogP contribution in [0.25, 0.3) is 11.8 Å². The largest absolute Gasteiger partial charge is 0.494 e. The molecule has 0 radical (unpaired) electrons. The topological polar surface area (TPSA) is 89.0 Å². The molecule has 32 heavy (non-hydrogen) atoms. The van der Waals surface area contributed by atoms with Crippen LogP contribution in [0.2, 0.25) is 0 Å². The Morgan fingerprint density at radius 1 is 1.16 bits per heavy atom. The summed E-state index contributed by atoms with van der Waals surface area (Å²) < 4.78 is 8.77. The molecule has 0 aliphatic heterocycles. The van der Waals surface area contributed by atoms with Gasteiger partial charge in [-0.25, -0.2) is 4.68 Å². The van der Waals surface area contributed by atoms with Crippen molar-refractivity contribution in [1.29, 1.82) is 5.26 Å². The Labute approximate surface area is 187 Å². The number of benzene rings is 2. The van der Waals surface area contributed by atoms with E-state index in [2.05, 4.69) is 12.2 Å². The summed E-state index contributed by atoms with van der Waals surface area (Å²) in [4.78, 5) is 25.7. The third-order valence-corrected chi connectivity index (χ3v) is 5.12. The van der Waals surface area contributed by atoms with Crippen LogP contribution in [-0.4, -0.2) is 21.9 Å². The van der Waals surface area contributed by atoms with Crippen LogP contribution >= 0.6 is 0 Å². The number of hydrogen-bond acceptors (Lipinski definition) is 4. The predicted molar refractivity (Wildman–Crippen MR) is 125 cm³/mol. The van der Waals surface area contributed by atoms with E-state index in [1.165, 1.54) is 10.8 Å². The van der Waals surface area contributed by atoms with E-state index >= 15 is 0 Å². The molecule has 0 unspecified atom stereocenters. The van der Waals surface area contributed by atoms with Gasteiger partial charge < -0.3 is 10.1 Å². The van der Waals surface area contributed by atoms with Gasteiger partial charge >= 0.3 is 0 Å². The summed E-state index contributed by atoms with van der Waals surface area (Å²) in [6.07, 6.45) is 3.52. The molecular formula is C25H26N4O3. The molecule has 7 heteroatoms. The number of amides is 1. The summed E-state index contributed by atoms with van der Waals surface area (Å²) in [5.74, 6) is 0.0988. The lowest BCUT2D eigenvalue weighted by atomic mass is 10.1. The number of aromatic nitrogens is 2. The molecular weight excluding hydrogens is 404 g/mol. The molecule has 1 N–H and O–H groups in total. The number of anilines is 1. The van der Waals surface area contributed by atoms with Crippen LogP contribution in [0.4, 0.5) is 5.69 Å². The monoisotopic (exact) mass is 430 g/mol. The zero-order valence-corrected chi connectivity index (χ0v) is 18.5. The highest BCUT2D eigenvalue weighted by Gasteiger charge is 2.19. The molecule has 3 rings (SSSR count). The average Bonchev–Trinajstić information content (AvgIpc) is 3.02. The minimum absolute atomic E-state index is 0.0986. The first-order valence-corrected chi connectivity index (χ1v) is 10.5. The van der Waals surface area contributed by atoms with Crippen LogP contribution in [0.1, 0.15) is 31.0 Å². The number of nitrogens with zero attached hydrogens (tertiary/aromatic N) is 3. The molecule has 0 aliphatic carbocycles. The van der Waals surface area contributed by atoms with Crippen LogP contribution < -0.4 is 15.6 Å². The van der Waals surface area contributed by atoms with Gasteiger partial charge in [-0.15, -0.1) is 0 Å². The standard InChI is InChI=1S/C25H26N4O3/c1-4-5-15-32-22-13-11-19(12-14-22)16-20(17-26)24(30)27-23-18(2)28(3)29(25(23)31)21-9-7-6-8-10-21/h6-14,16H,4-5,15H2,1-3H3,(H,27,30). The van der Waals surface area contributed by atoms with Crippen LogP contribution in [-0.2, 0) is 11.8 Å². The summed E-state index contributed by atoms with van der Waals surface area (Å²) >= 11 is 0. The second-order valence-electron chi connectivity index (χ2n) is 7.33. The minimum Gasteiger partial charge on any atom is -0.494 e. The van der Waals surface area contributed by atoms with Crippen LogP contribution in [0.3, 0.4) is 0 Å². The normalized spacial score (nSPS) is 11.1. The lowest BCUT2D eigenvalue weighted by molar-refractivity contribution is -0.112. The van der Waals surface area contributed by atoms with Crippen LogP contribution in [0.5, 0.6) is 5.75 Å². The third kappa shape index (κ3) is 4.98. The Kier molecular flexibility index (Phi) is 7.29. The molecule has 0 saturated carbocycles. The molecule has 0 atom stereocenters. The zero-order valence-electron chi connectivity index (χ0n) is 18.5. The number of nitriles is 1. The summed E-state index contributed by atoms with van der Waals surface area (Å²) in [7, 11) is 1.74. The number of rotatable bonds is 8. The fraction of sp³-hybridized carbons (Fsp3) is 0.240. The molecule has 0 bridgehead atoms. The third-order valence-electron chi connectivity index (χ3n) is 5.12. The zero-order chi connectivity index (χ0) is 23.1. The predicted octanol–water partition coefficient (Wildman–Crippen LogP) is 4.21. The number of hydrogen-bond donors (Lipinski definition) is 1. The van der Waals surface area contributed by atoms with E-state index in [-0.39, 0.29) is 16.8 Å². The van der Waals surface area contributed by atoms with Gasteiger partial charge in [0, 0.05) is 7.05 Å². The Morgan fingerprint density at radius 2 is 1.84 bits per heavy atom. The first-order valence-electron chi connectivity index (χ1n) is 10.5. The van der Waals surface area contributed by atoms with Crippen molar-refractivity contribution >= 4 is 17.7 Å². The summed E-state index contributed by atoms with van der Waals surface area (Å²) in [5, 5.41) is 12.1. The van der Waals surface area contributed by atoms with Crippen molar-refractivity contribution in [3.05, 3.63) is 81.8 Å². The van der Waals surface area contributed by atoms with Gasteiger partial charge in [0.1, 0.15) is 23.1 Å². The van der Waals surface area contributed by atoms with E-state index in [9.17, 15) is 14.9 Å². The van der Waals surface area contributed by atoms with Gasteiger partial charge in [0.2, 0.25) is 0 Å². The van der Waals surface area contributed by atoms with Gasteiger partial charge in [-0.3, -0.25) is 14.3 Å². The fourth-order valence-corrected chi connectivity index (χ4v) is 3.20. The number of unbranched alkanes of at least 4 members (excludes halogenated alkanes) is 1. The second kappa shape index (κ2) is 10.3. The van der Waals surface area contributed by atoms with Crippen molar-refractivity contribution in [3.63, 3.8) is 0 Å². The summed E-state index contributed by atoms with van der Waals surface area (Å²) in [6.45, 7) is 4.48. The van der Waals surface area contributed by atoms with Crippen molar-refractivity contribution in [2.75, 3.05) is 11.9 Å². The smallest absolute Gasteiger partial charge is 0.295 e. The molecule has 0 fully saturated rings.